The molecule has 2 unspecified atom stereocenters. The van der Waals surface area contributed by atoms with E-state index >= 15 is 0 Å². The van der Waals surface area contributed by atoms with Gasteiger partial charge in [-0.2, -0.15) is 13.2 Å². The van der Waals surface area contributed by atoms with Crippen molar-refractivity contribution in [3.8, 4) is 0 Å². The zero-order chi connectivity index (χ0) is 14.4. The monoisotopic (exact) mass is 280 g/mol. The first kappa shape index (κ1) is 13.1. The highest BCUT2D eigenvalue weighted by atomic mass is 19.4. The molecule has 0 aromatic heterocycles. The molecule has 20 heavy (non-hydrogen) atoms. The van der Waals surface area contributed by atoms with Crippen LogP contribution in [0, 0.1) is 0 Å². The topological polar surface area (TPSA) is 29.5 Å². The average Bonchev–Trinajstić information content (AvgIpc) is 2.75. The second kappa shape index (κ2) is 4.33. The van der Waals surface area contributed by atoms with Crippen LogP contribution in [0.5, 0.6) is 0 Å². The summed E-state index contributed by atoms with van der Waals surface area (Å²) < 4.78 is 44.2. The first-order valence-corrected chi connectivity index (χ1v) is 6.05. The Morgan fingerprint density at radius 3 is 2.20 bits per heavy atom. The maximum Gasteiger partial charge on any atom is 0.419 e. The highest BCUT2D eigenvalue weighted by Gasteiger charge is 2.55. The molecule has 0 saturated carbocycles. The van der Waals surface area contributed by atoms with E-state index in [2.05, 4.69) is 0 Å². The summed E-state index contributed by atoms with van der Waals surface area (Å²) in [5.74, 6) is -2.07. The number of fused-ring (bicyclic) bond motifs is 1. The summed E-state index contributed by atoms with van der Waals surface area (Å²) in [7, 11) is 0. The molecule has 2 aromatic carbocycles. The summed E-state index contributed by atoms with van der Waals surface area (Å²) in [6.07, 6.45) is -6.70. The third kappa shape index (κ3) is 1.90. The van der Waals surface area contributed by atoms with Gasteiger partial charge < -0.3 is 9.84 Å². The molecule has 1 N–H and O–H groups in total. The van der Waals surface area contributed by atoms with Gasteiger partial charge in [0.2, 0.25) is 5.79 Å². The minimum Gasteiger partial charge on any atom is -0.358 e. The molecule has 0 bridgehead atoms. The SMILES string of the molecule is OC1(c2ccccc2)OC(C(F)(F)F)c2ccccc21. The zero-order valence-corrected chi connectivity index (χ0v) is 10.3. The molecule has 1 aliphatic rings. The molecular formula is C15H11F3O2. The smallest absolute Gasteiger partial charge is 0.358 e. The number of aliphatic hydroxyl groups is 1. The predicted molar refractivity (Wildman–Crippen MR) is 65.8 cm³/mol. The Morgan fingerprint density at radius 2 is 1.55 bits per heavy atom. The van der Waals surface area contributed by atoms with Crippen LogP contribution in [0.3, 0.4) is 0 Å². The van der Waals surface area contributed by atoms with Crippen LogP contribution >= 0.6 is 0 Å². The van der Waals surface area contributed by atoms with Crippen LogP contribution in [-0.4, -0.2) is 11.3 Å². The fraction of sp³-hybridized carbons (Fsp3) is 0.200. The molecule has 0 amide bonds. The van der Waals surface area contributed by atoms with Crippen molar-refractivity contribution >= 4 is 0 Å². The Kier molecular flexibility index (Phi) is 2.84. The Bertz CT molecular complexity index is 625. The minimum absolute atomic E-state index is 0.0497. The molecule has 0 radical (unpaired) electrons. The summed E-state index contributed by atoms with van der Waals surface area (Å²) in [5.41, 5.74) is 0.360. The second-order valence-electron chi connectivity index (χ2n) is 4.64. The molecule has 2 aromatic rings. The lowest BCUT2D eigenvalue weighted by atomic mass is 9.94. The van der Waals surface area contributed by atoms with Crippen molar-refractivity contribution in [2.24, 2.45) is 0 Å². The fourth-order valence-corrected chi connectivity index (χ4v) is 2.46. The van der Waals surface area contributed by atoms with Crippen molar-refractivity contribution in [3.63, 3.8) is 0 Å². The summed E-state index contributed by atoms with van der Waals surface area (Å²) in [4.78, 5) is 0. The van der Waals surface area contributed by atoms with E-state index in [4.69, 9.17) is 4.74 Å². The van der Waals surface area contributed by atoms with E-state index in [0.29, 0.717) is 0 Å². The first-order valence-electron chi connectivity index (χ1n) is 6.05. The average molecular weight is 280 g/mol. The van der Waals surface area contributed by atoms with Crippen LogP contribution in [0.2, 0.25) is 0 Å². The van der Waals surface area contributed by atoms with E-state index < -0.39 is 18.1 Å². The molecular weight excluding hydrogens is 269 g/mol. The Labute approximate surface area is 113 Å². The summed E-state index contributed by atoms with van der Waals surface area (Å²) >= 11 is 0. The summed E-state index contributed by atoms with van der Waals surface area (Å²) in [6, 6.07) is 13.9. The fourth-order valence-electron chi connectivity index (χ4n) is 2.46. The minimum atomic E-state index is -4.57. The largest absolute Gasteiger partial charge is 0.419 e. The number of hydrogen-bond donors (Lipinski definition) is 1. The predicted octanol–water partition coefficient (Wildman–Crippen LogP) is 3.51. The van der Waals surface area contributed by atoms with Crippen molar-refractivity contribution in [1.29, 1.82) is 0 Å². The molecule has 0 spiro atoms. The van der Waals surface area contributed by atoms with Gasteiger partial charge in [0.25, 0.3) is 0 Å². The van der Waals surface area contributed by atoms with Gasteiger partial charge in [0.15, 0.2) is 6.10 Å². The van der Waals surface area contributed by atoms with Gasteiger partial charge >= 0.3 is 6.18 Å². The van der Waals surface area contributed by atoms with E-state index in [1.807, 2.05) is 0 Å². The third-order valence-corrected chi connectivity index (χ3v) is 3.36. The molecule has 0 saturated heterocycles. The molecule has 104 valence electrons. The lowest BCUT2D eigenvalue weighted by Crippen LogP contribution is -2.29. The zero-order valence-electron chi connectivity index (χ0n) is 10.3. The van der Waals surface area contributed by atoms with Crippen molar-refractivity contribution in [2.45, 2.75) is 18.1 Å². The molecule has 5 heteroatoms. The van der Waals surface area contributed by atoms with Crippen molar-refractivity contribution in [1.82, 2.24) is 0 Å². The van der Waals surface area contributed by atoms with Crippen LogP contribution in [0.1, 0.15) is 22.8 Å². The van der Waals surface area contributed by atoms with Crippen molar-refractivity contribution < 1.29 is 23.0 Å². The van der Waals surface area contributed by atoms with Crippen molar-refractivity contribution in [3.05, 3.63) is 71.3 Å². The molecule has 0 aliphatic carbocycles. The standard InChI is InChI=1S/C15H11F3O2/c16-15(17,18)13-11-8-4-5-9-12(11)14(19,20-13)10-6-2-1-3-7-10/h1-9,13,19H. The van der Waals surface area contributed by atoms with E-state index in [1.165, 1.54) is 30.3 Å². The van der Waals surface area contributed by atoms with Gasteiger partial charge in [-0.05, 0) is 5.56 Å². The quantitative estimate of drug-likeness (QED) is 0.866. The van der Waals surface area contributed by atoms with Crippen LogP contribution in [0.25, 0.3) is 0 Å². The third-order valence-electron chi connectivity index (χ3n) is 3.36. The highest BCUT2D eigenvalue weighted by molar-refractivity contribution is 5.43. The number of ether oxygens (including phenoxy) is 1. The molecule has 1 heterocycles. The molecule has 1 aliphatic heterocycles. The number of benzene rings is 2. The van der Waals surface area contributed by atoms with Crippen LogP contribution in [0.4, 0.5) is 13.2 Å². The maximum atomic E-state index is 13.1. The number of alkyl halides is 3. The number of hydrogen-bond acceptors (Lipinski definition) is 2. The Morgan fingerprint density at radius 1 is 0.950 bits per heavy atom. The molecule has 0 fully saturated rings. The van der Waals surface area contributed by atoms with Gasteiger partial charge in [0.1, 0.15) is 0 Å². The number of rotatable bonds is 1. The lowest BCUT2D eigenvalue weighted by molar-refractivity contribution is -0.284. The first-order chi connectivity index (χ1) is 9.43. The van der Waals surface area contributed by atoms with Gasteiger partial charge in [-0.1, -0.05) is 54.6 Å². The van der Waals surface area contributed by atoms with Gasteiger partial charge in [-0.3, -0.25) is 0 Å². The van der Waals surface area contributed by atoms with Crippen LogP contribution < -0.4 is 0 Å². The van der Waals surface area contributed by atoms with Crippen LogP contribution in [-0.2, 0) is 10.5 Å². The van der Waals surface area contributed by atoms with Crippen molar-refractivity contribution in [2.75, 3.05) is 0 Å². The maximum absolute atomic E-state index is 13.1. The Hall–Kier alpha value is -1.85. The normalized spacial score (nSPS) is 25.5. The van der Waals surface area contributed by atoms with Gasteiger partial charge in [-0.15, -0.1) is 0 Å². The summed E-state index contributed by atoms with van der Waals surface area (Å²) in [5, 5.41) is 10.6. The molecule has 2 atom stereocenters. The molecule has 2 nitrogen and oxygen atoms in total. The van der Waals surface area contributed by atoms with E-state index in [-0.39, 0.29) is 16.7 Å². The Balaban J connectivity index is 2.17. The number of halogens is 3. The summed E-state index contributed by atoms with van der Waals surface area (Å²) in [6.45, 7) is 0. The second-order valence-corrected chi connectivity index (χ2v) is 4.64. The highest BCUT2D eigenvalue weighted by Crippen LogP contribution is 2.51. The van der Waals surface area contributed by atoms with Gasteiger partial charge in [0.05, 0.1) is 0 Å². The molecule has 3 rings (SSSR count). The van der Waals surface area contributed by atoms with E-state index in [1.54, 1.807) is 24.3 Å². The van der Waals surface area contributed by atoms with E-state index in [0.717, 1.165) is 0 Å². The lowest BCUT2D eigenvalue weighted by Gasteiger charge is -2.25. The van der Waals surface area contributed by atoms with Crippen LogP contribution in [0.15, 0.2) is 54.6 Å². The van der Waals surface area contributed by atoms with E-state index in [9.17, 15) is 18.3 Å². The van der Waals surface area contributed by atoms with Gasteiger partial charge in [-0.25, -0.2) is 0 Å². The van der Waals surface area contributed by atoms with Gasteiger partial charge in [0, 0.05) is 11.1 Å².